The predicted molar refractivity (Wildman–Crippen MR) is 106 cm³/mol. The number of halogens is 1. The molecule has 7 nitrogen and oxygen atoms in total. The van der Waals surface area contributed by atoms with Crippen LogP contribution in [0.1, 0.15) is 31.8 Å². The van der Waals surface area contributed by atoms with Gasteiger partial charge in [0.15, 0.2) is 5.96 Å². The van der Waals surface area contributed by atoms with Gasteiger partial charge in [0.1, 0.15) is 17.1 Å². The number of amides is 1. The molecule has 138 valence electrons. The van der Waals surface area contributed by atoms with E-state index in [-0.39, 0.29) is 36.4 Å². The molecule has 0 aliphatic carbocycles. The van der Waals surface area contributed by atoms with Crippen molar-refractivity contribution in [2.24, 2.45) is 4.99 Å². The first-order valence-corrected chi connectivity index (χ1v) is 7.78. The van der Waals surface area contributed by atoms with Gasteiger partial charge >= 0.3 is 0 Å². The number of nitrogens with one attached hydrogen (secondary N) is 2. The van der Waals surface area contributed by atoms with Crippen molar-refractivity contribution in [3.63, 3.8) is 0 Å². The minimum Gasteiger partial charge on any atom is -0.463 e. The van der Waals surface area contributed by atoms with Crippen LogP contribution < -0.4 is 10.6 Å². The number of rotatable bonds is 7. The van der Waals surface area contributed by atoms with E-state index >= 15 is 0 Å². The lowest BCUT2D eigenvalue weighted by Gasteiger charge is -2.20. The van der Waals surface area contributed by atoms with Crippen LogP contribution in [-0.4, -0.2) is 55.6 Å². The molecule has 3 N–H and O–H groups in total. The van der Waals surface area contributed by atoms with Crippen LogP contribution in [0.25, 0.3) is 0 Å². The third-order valence-electron chi connectivity index (χ3n) is 3.29. The Labute approximate surface area is 160 Å². The molecule has 1 aromatic rings. The van der Waals surface area contributed by atoms with Crippen LogP contribution in [0.3, 0.4) is 0 Å². The van der Waals surface area contributed by atoms with Crippen molar-refractivity contribution in [3.8, 4) is 0 Å². The SMILES string of the molecule is CCNC(=NCC(C)(O)c1ccc(C)o1)NCCC(=O)N(C)C.I. The minimum absolute atomic E-state index is 0. The first-order valence-electron chi connectivity index (χ1n) is 7.78. The molecule has 0 saturated heterocycles. The molecule has 1 amide bonds. The van der Waals surface area contributed by atoms with Crippen LogP contribution in [0.15, 0.2) is 21.5 Å². The van der Waals surface area contributed by atoms with Crippen LogP contribution in [-0.2, 0) is 10.4 Å². The van der Waals surface area contributed by atoms with Gasteiger partial charge in [-0.2, -0.15) is 0 Å². The highest BCUT2D eigenvalue weighted by Gasteiger charge is 2.26. The number of carbonyl (C=O) groups excluding carboxylic acids is 1. The van der Waals surface area contributed by atoms with Crippen molar-refractivity contribution < 1.29 is 14.3 Å². The number of guanidine groups is 1. The maximum absolute atomic E-state index is 11.6. The van der Waals surface area contributed by atoms with Crippen molar-refractivity contribution in [2.45, 2.75) is 32.8 Å². The average molecular weight is 452 g/mol. The van der Waals surface area contributed by atoms with Gasteiger partial charge in [-0.25, -0.2) is 4.99 Å². The number of carbonyl (C=O) groups is 1. The quantitative estimate of drug-likeness (QED) is 0.331. The molecule has 0 aliphatic heterocycles. The molecular weight excluding hydrogens is 423 g/mol. The molecule has 0 bridgehead atoms. The van der Waals surface area contributed by atoms with E-state index in [1.165, 1.54) is 0 Å². The lowest BCUT2D eigenvalue weighted by atomic mass is 10.0. The number of furan rings is 1. The normalized spacial score (nSPS) is 13.7. The number of hydrogen-bond acceptors (Lipinski definition) is 4. The van der Waals surface area contributed by atoms with Crippen molar-refractivity contribution in [3.05, 3.63) is 23.7 Å². The average Bonchev–Trinajstić information content (AvgIpc) is 2.92. The summed E-state index contributed by atoms with van der Waals surface area (Å²) in [4.78, 5) is 17.5. The van der Waals surface area contributed by atoms with Crippen LogP contribution >= 0.6 is 24.0 Å². The van der Waals surface area contributed by atoms with Gasteiger partial charge in [-0.3, -0.25) is 4.79 Å². The molecule has 0 fully saturated rings. The van der Waals surface area contributed by atoms with Crippen LogP contribution in [0.4, 0.5) is 0 Å². The summed E-state index contributed by atoms with van der Waals surface area (Å²) < 4.78 is 5.47. The van der Waals surface area contributed by atoms with Gasteiger partial charge in [0.2, 0.25) is 5.91 Å². The smallest absolute Gasteiger partial charge is 0.223 e. The molecule has 24 heavy (non-hydrogen) atoms. The van der Waals surface area contributed by atoms with Crippen molar-refractivity contribution in [2.75, 3.05) is 33.7 Å². The third kappa shape index (κ3) is 7.52. The van der Waals surface area contributed by atoms with Crippen molar-refractivity contribution >= 4 is 35.8 Å². The first-order chi connectivity index (χ1) is 10.8. The lowest BCUT2D eigenvalue weighted by Crippen LogP contribution is -2.40. The third-order valence-corrected chi connectivity index (χ3v) is 3.29. The highest BCUT2D eigenvalue weighted by Crippen LogP contribution is 2.22. The number of nitrogens with zero attached hydrogens (tertiary/aromatic N) is 2. The van der Waals surface area contributed by atoms with Gasteiger partial charge in [-0.05, 0) is 32.9 Å². The van der Waals surface area contributed by atoms with E-state index < -0.39 is 5.60 Å². The second-order valence-corrected chi connectivity index (χ2v) is 5.84. The summed E-state index contributed by atoms with van der Waals surface area (Å²) in [6.07, 6.45) is 0.380. The number of aryl methyl sites for hydroxylation is 1. The maximum Gasteiger partial charge on any atom is 0.223 e. The van der Waals surface area contributed by atoms with Gasteiger partial charge in [-0.1, -0.05) is 0 Å². The zero-order chi connectivity index (χ0) is 17.5. The zero-order valence-corrected chi connectivity index (χ0v) is 17.4. The molecule has 1 unspecified atom stereocenters. The predicted octanol–water partition coefficient (Wildman–Crippen LogP) is 1.45. The molecule has 1 aromatic heterocycles. The van der Waals surface area contributed by atoms with E-state index in [9.17, 15) is 9.90 Å². The Morgan fingerprint density at radius 1 is 1.38 bits per heavy atom. The fraction of sp³-hybridized carbons (Fsp3) is 0.625. The summed E-state index contributed by atoms with van der Waals surface area (Å²) in [5.41, 5.74) is -1.18. The van der Waals surface area contributed by atoms with E-state index in [4.69, 9.17) is 4.42 Å². The van der Waals surface area contributed by atoms with Crippen molar-refractivity contribution in [1.82, 2.24) is 15.5 Å². The molecule has 0 spiro atoms. The Bertz CT molecular complexity index is 541. The summed E-state index contributed by atoms with van der Waals surface area (Å²) in [5, 5.41) is 16.7. The number of aliphatic hydroxyl groups is 1. The number of hydrogen-bond donors (Lipinski definition) is 3. The Kier molecular flexibility index (Phi) is 9.98. The van der Waals surface area contributed by atoms with E-state index in [0.717, 1.165) is 5.76 Å². The Morgan fingerprint density at radius 3 is 2.54 bits per heavy atom. The van der Waals surface area contributed by atoms with E-state index in [0.29, 0.717) is 31.2 Å². The molecule has 1 rings (SSSR count). The fourth-order valence-corrected chi connectivity index (χ4v) is 1.89. The summed E-state index contributed by atoms with van der Waals surface area (Å²) in [5.74, 6) is 1.84. The van der Waals surface area contributed by atoms with Crippen LogP contribution in [0, 0.1) is 6.92 Å². The molecular formula is C16H29IN4O3. The van der Waals surface area contributed by atoms with Gasteiger partial charge in [-0.15, -0.1) is 24.0 Å². The molecule has 8 heteroatoms. The van der Waals surface area contributed by atoms with E-state index in [1.807, 2.05) is 19.9 Å². The minimum atomic E-state index is -1.18. The molecule has 0 saturated carbocycles. The van der Waals surface area contributed by atoms with Crippen LogP contribution in [0.2, 0.25) is 0 Å². The molecule has 1 atom stereocenters. The second kappa shape index (κ2) is 10.5. The Morgan fingerprint density at radius 2 is 2.04 bits per heavy atom. The highest BCUT2D eigenvalue weighted by molar-refractivity contribution is 14.0. The van der Waals surface area contributed by atoms with Gasteiger partial charge in [0.25, 0.3) is 0 Å². The van der Waals surface area contributed by atoms with Crippen molar-refractivity contribution in [1.29, 1.82) is 0 Å². The molecule has 0 aromatic carbocycles. The summed E-state index contributed by atoms with van der Waals surface area (Å²) >= 11 is 0. The van der Waals surface area contributed by atoms with E-state index in [2.05, 4.69) is 15.6 Å². The molecule has 0 radical (unpaired) electrons. The van der Waals surface area contributed by atoms with Gasteiger partial charge in [0.05, 0.1) is 6.54 Å². The van der Waals surface area contributed by atoms with Crippen LogP contribution in [0.5, 0.6) is 0 Å². The Balaban J connectivity index is 0.00000529. The maximum atomic E-state index is 11.6. The topological polar surface area (TPSA) is 90.1 Å². The number of aliphatic imine (C=N–C) groups is 1. The molecule has 0 aliphatic rings. The summed E-state index contributed by atoms with van der Waals surface area (Å²) in [6.45, 7) is 6.76. The fourth-order valence-electron chi connectivity index (χ4n) is 1.89. The Hall–Kier alpha value is -1.29. The van der Waals surface area contributed by atoms with E-state index in [1.54, 1.807) is 32.0 Å². The standard InChI is InChI=1S/C16H28N4O3.HI/c1-6-17-15(18-10-9-14(21)20(4)5)19-11-16(3,22)13-8-7-12(2)23-13;/h7-8,22H,6,9-11H2,1-5H3,(H2,17,18,19);1H. The first kappa shape index (κ1) is 22.7. The summed E-state index contributed by atoms with van der Waals surface area (Å²) in [7, 11) is 3.45. The van der Waals surface area contributed by atoms with Gasteiger partial charge < -0.3 is 25.1 Å². The van der Waals surface area contributed by atoms with Gasteiger partial charge in [0, 0.05) is 33.6 Å². The lowest BCUT2D eigenvalue weighted by molar-refractivity contribution is -0.128. The zero-order valence-electron chi connectivity index (χ0n) is 15.0. The monoisotopic (exact) mass is 452 g/mol. The second-order valence-electron chi connectivity index (χ2n) is 5.84. The highest BCUT2D eigenvalue weighted by atomic mass is 127. The summed E-state index contributed by atoms with van der Waals surface area (Å²) in [6, 6.07) is 3.56. The molecule has 1 heterocycles. The largest absolute Gasteiger partial charge is 0.463 e.